The predicted molar refractivity (Wildman–Crippen MR) is 60.9 cm³/mol. The molecule has 15 heavy (non-hydrogen) atoms. The minimum absolute atomic E-state index is 0.00680. The lowest BCUT2D eigenvalue weighted by Crippen LogP contribution is -2.35. The van der Waals surface area contributed by atoms with E-state index in [-0.39, 0.29) is 17.9 Å². The number of amides is 2. The maximum atomic E-state index is 11.7. The highest BCUT2D eigenvalue weighted by Crippen LogP contribution is 2.22. The number of carbonyl (C=O) groups excluding carboxylic acids is 2. The van der Waals surface area contributed by atoms with Crippen molar-refractivity contribution < 1.29 is 9.59 Å². The summed E-state index contributed by atoms with van der Waals surface area (Å²) < 4.78 is 0.924. The number of hydrogen-bond acceptors (Lipinski definition) is 3. The molecule has 0 aromatic carbocycles. The average Bonchev–Trinajstić information content (AvgIpc) is 2.75. The highest BCUT2D eigenvalue weighted by atomic mass is 79.9. The van der Waals surface area contributed by atoms with Crippen LogP contribution in [0.25, 0.3) is 0 Å². The zero-order valence-electron chi connectivity index (χ0n) is 7.75. The third-order valence-corrected chi connectivity index (χ3v) is 3.73. The van der Waals surface area contributed by atoms with Gasteiger partial charge in [-0.15, -0.1) is 11.3 Å². The molecule has 0 spiro atoms. The number of rotatable bonds is 2. The number of halogens is 1. The first-order valence-electron chi connectivity index (χ1n) is 4.48. The van der Waals surface area contributed by atoms with Gasteiger partial charge >= 0.3 is 0 Å². The van der Waals surface area contributed by atoms with Crippen LogP contribution in [0.4, 0.5) is 0 Å². The van der Waals surface area contributed by atoms with Crippen LogP contribution in [0.5, 0.6) is 0 Å². The molecule has 4 nitrogen and oxygen atoms in total. The van der Waals surface area contributed by atoms with E-state index < -0.39 is 0 Å². The molecule has 6 heteroatoms. The lowest BCUT2D eigenvalue weighted by molar-refractivity contribution is -0.119. The Hall–Kier alpha value is -0.880. The Bertz CT molecular complexity index is 405. The van der Waals surface area contributed by atoms with Crippen LogP contribution in [-0.4, -0.2) is 24.4 Å². The van der Waals surface area contributed by atoms with E-state index in [1.165, 1.54) is 11.3 Å². The Morgan fingerprint density at radius 3 is 2.93 bits per heavy atom. The summed E-state index contributed by atoms with van der Waals surface area (Å²) in [5.41, 5.74) is 0. The minimum Gasteiger partial charge on any atom is -0.354 e. The molecule has 0 bridgehead atoms. The van der Waals surface area contributed by atoms with Crippen LogP contribution >= 0.6 is 27.3 Å². The fourth-order valence-electron chi connectivity index (χ4n) is 1.40. The van der Waals surface area contributed by atoms with Crippen molar-refractivity contribution in [2.75, 3.05) is 6.54 Å². The fourth-order valence-corrected chi connectivity index (χ4v) is 2.69. The van der Waals surface area contributed by atoms with Crippen LogP contribution < -0.4 is 10.6 Å². The molecule has 1 aromatic rings. The van der Waals surface area contributed by atoms with E-state index in [1.54, 1.807) is 6.07 Å². The molecule has 80 valence electrons. The first-order valence-corrected chi connectivity index (χ1v) is 6.09. The molecule has 1 fully saturated rings. The van der Waals surface area contributed by atoms with Crippen molar-refractivity contribution in [2.45, 2.75) is 12.5 Å². The van der Waals surface area contributed by atoms with Crippen molar-refractivity contribution in [1.29, 1.82) is 0 Å². The molecule has 0 radical (unpaired) electrons. The summed E-state index contributed by atoms with van der Waals surface area (Å²) >= 11 is 4.67. The quantitative estimate of drug-likeness (QED) is 0.857. The predicted octanol–water partition coefficient (Wildman–Crippen LogP) is 1.13. The smallest absolute Gasteiger partial charge is 0.261 e. The molecule has 1 saturated heterocycles. The van der Waals surface area contributed by atoms with Gasteiger partial charge in [0.1, 0.15) is 0 Å². The molecule has 2 rings (SSSR count). The molecule has 2 amide bonds. The van der Waals surface area contributed by atoms with Gasteiger partial charge in [0.2, 0.25) is 5.91 Å². The second kappa shape index (κ2) is 4.32. The maximum absolute atomic E-state index is 11.7. The van der Waals surface area contributed by atoms with Gasteiger partial charge in [0.05, 0.1) is 14.7 Å². The molecule has 1 aliphatic heterocycles. The molecular formula is C9H9BrN2O2S. The number of hydrogen-bond donors (Lipinski definition) is 2. The number of nitrogens with one attached hydrogen (secondary N) is 2. The SMILES string of the molecule is O=C1CC(NC(=O)c2ccc(Br)s2)CN1. The van der Waals surface area contributed by atoms with E-state index in [1.807, 2.05) is 6.07 Å². The third kappa shape index (κ3) is 2.57. The van der Waals surface area contributed by atoms with Gasteiger partial charge in [-0.25, -0.2) is 0 Å². The van der Waals surface area contributed by atoms with Crippen LogP contribution in [0, 0.1) is 0 Å². The van der Waals surface area contributed by atoms with Crippen LogP contribution in [0.3, 0.4) is 0 Å². The van der Waals surface area contributed by atoms with E-state index in [4.69, 9.17) is 0 Å². The van der Waals surface area contributed by atoms with E-state index in [9.17, 15) is 9.59 Å². The second-order valence-corrected chi connectivity index (χ2v) is 5.75. The molecule has 0 aliphatic carbocycles. The summed E-state index contributed by atoms with van der Waals surface area (Å²) in [5.74, 6) is -0.125. The number of thiophene rings is 1. The van der Waals surface area contributed by atoms with Crippen LogP contribution in [0.15, 0.2) is 15.9 Å². The lowest BCUT2D eigenvalue weighted by Gasteiger charge is -2.08. The summed E-state index contributed by atoms with van der Waals surface area (Å²) in [4.78, 5) is 23.2. The lowest BCUT2D eigenvalue weighted by atomic mass is 10.2. The van der Waals surface area contributed by atoms with Crippen LogP contribution in [0.1, 0.15) is 16.1 Å². The van der Waals surface area contributed by atoms with Crippen molar-refractivity contribution in [3.8, 4) is 0 Å². The van der Waals surface area contributed by atoms with Gasteiger partial charge in [0.25, 0.3) is 5.91 Å². The summed E-state index contributed by atoms with van der Waals surface area (Å²) in [5, 5.41) is 5.48. The van der Waals surface area contributed by atoms with Crippen molar-refractivity contribution in [2.24, 2.45) is 0 Å². The Morgan fingerprint density at radius 2 is 2.40 bits per heavy atom. The van der Waals surface area contributed by atoms with Gasteiger partial charge in [0.15, 0.2) is 0 Å². The highest BCUT2D eigenvalue weighted by molar-refractivity contribution is 9.11. The Morgan fingerprint density at radius 1 is 1.60 bits per heavy atom. The maximum Gasteiger partial charge on any atom is 0.261 e. The average molecular weight is 289 g/mol. The largest absolute Gasteiger partial charge is 0.354 e. The first-order chi connectivity index (χ1) is 7.15. The third-order valence-electron chi connectivity index (χ3n) is 2.11. The van der Waals surface area contributed by atoms with E-state index in [0.717, 1.165) is 3.79 Å². The molecule has 2 N–H and O–H groups in total. The van der Waals surface area contributed by atoms with Gasteiger partial charge in [-0.1, -0.05) is 0 Å². The normalized spacial score (nSPS) is 20.1. The van der Waals surface area contributed by atoms with Gasteiger partial charge in [0, 0.05) is 13.0 Å². The minimum atomic E-state index is -0.118. The fraction of sp³-hybridized carbons (Fsp3) is 0.333. The van der Waals surface area contributed by atoms with Crippen molar-refractivity contribution in [3.63, 3.8) is 0 Å². The monoisotopic (exact) mass is 288 g/mol. The molecule has 1 aliphatic rings. The molecule has 1 atom stereocenters. The molecule has 1 unspecified atom stereocenters. The van der Waals surface area contributed by atoms with Crippen LogP contribution in [0.2, 0.25) is 0 Å². The van der Waals surface area contributed by atoms with Crippen molar-refractivity contribution in [1.82, 2.24) is 10.6 Å². The van der Waals surface area contributed by atoms with Gasteiger partial charge in [-0.2, -0.15) is 0 Å². The first kappa shape index (κ1) is 10.6. The summed E-state index contributed by atoms with van der Waals surface area (Å²) in [6.45, 7) is 0.525. The molecule has 1 aromatic heterocycles. The Balaban J connectivity index is 1.95. The summed E-state index contributed by atoms with van der Waals surface area (Å²) in [6, 6.07) is 3.51. The second-order valence-electron chi connectivity index (χ2n) is 3.28. The number of carbonyl (C=O) groups is 2. The zero-order chi connectivity index (χ0) is 10.8. The Labute approximate surface area is 99.2 Å². The van der Waals surface area contributed by atoms with E-state index in [2.05, 4.69) is 26.6 Å². The Kier molecular flexibility index (Phi) is 3.06. The molecule has 2 heterocycles. The van der Waals surface area contributed by atoms with Gasteiger partial charge < -0.3 is 10.6 Å². The van der Waals surface area contributed by atoms with Gasteiger partial charge in [-0.05, 0) is 28.1 Å². The topological polar surface area (TPSA) is 58.2 Å². The van der Waals surface area contributed by atoms with E-state index >= 15 is 0 Å². The van der Waals surface area contributed by atoms with E-state index in [0.29, 0.717) is 17.8 Å². The summed E-state index contributed by atoms with van der Waals surface area (Å²) in [7, 11) is 0. The summed E-state index contributed by atoms with van der Waals surface area (Å²) in [6.07, 6.45) is 0.373. The highest BCUT2D eigenvalue weighted by Gasteiger charge is 2.23. The zero-order valence-corrected chi connectivity index (χ0v) is 10.2. The standard InChI is InChI=1S/C9H9BrN2O2S/c10-7-2-1-6(15-7)9(14)12-5-3-8(13)11-4-5/h1-2,5H,3-4H2,(H,11,13)(H,12,14). The molecular weight excluding hydrogens is 280 g/mol. The van der Waals surface area contributed by atoms with Crippen molar-refractivity contribution in [3.05, 3.63) is 20.8 Å². The van der Waals surface area contributed by atoms with Crippen molar-refractivity contribution >= 4 is 39.1 Å². The van der Waals surface area contributed by atoms with Gasteiger partial charge in [-0.3, -0.25) is 9.59 Å². The van der Waals surface area contributed by atoms with Crippen LogP contribution in [-0.2, 0) is 4.79 Å². The molecule has 0 saturated carbocycles.